The molecule has 0 saturated heterocycles. The standard InChI is InChI=1S/C9H14O3/c1-5-10-6(2)9-7(3)11-8(4)12-9/h6H,4-5H2,1-3H3. The van der Waals surface area contributed by atoms with E-state index in [-0.39, 0.29) is 6.10 Å². The molecule has 1 atom stereocenters. The van der Waals surface area contributed by atoms with Crippen LogP contribution in [0.25, 0.3) is 0 Å². The Morgan fingerprint density at radius 3 is 2.58 bits per heavy atom. The fourth-order valence-electron chi connectivity index (χ4n) is 1.13. The highest BCUT2D eigenvalue weighted by molar-refractivity contribution is 5.12. The van der Waals surface area contributed by atoms with Crippen molar-refractivity contribution in [2.45, 2.75) is 26.9 Å². The van der Waals surface area contributed by atoms with Gasteiger partial charge in [-0.05, 0) is 27.4 Å². The third kappa shape index (κ3) is 1.80. The molecule has 0 aromatic carbocycles. The van der Waals surface area contributed by atoms with E-state index in [0.717, 1.165) is 11.5 Å². The van der Waals surface area contributed by atoms with Crippen molar-refractivity contribution in [2.75, 3.05) is 6.61 Å². The lowest BCUT2D eigenvalue weighted by molar-refractivity contribution is 0.0599. The van der Waals surface area contributed by atoms with Crippen LogP contribution in [0, 0.1) is 0 Å². The van der Waals surface area contributed by atoms with Gasteiger partial charge in [0.2, 0.25) is 0 Å². The molecule has 0 radical (unpaired) electrons. The zero-order valence-corrected chi connectivity index (χ0v) is 7.72. The molecule has 0 N–H and O–H groups in total. The predicted molar refractivity (Wildman–Crippen MR) is 45.1 cm³/mol. The van der Waals surface area contributed by atoms with E-state index < -0.39 is 0 Å². The monoisotopic (exact) mass is 170 g/mol. The average molecular weight is 170 g/mol. The Morgan fingerprint density at radius 2 is 2.17 bits per heavy atom. The summed E-state index contributed by atoms with van der Waals surface area (Å²) >= 11 is 0. The van der Waals surface area contributed by atoms with Crippen molar-refractivity contribution in [2.24, 2.45) is 0 Å². The topological polar surface area (TPSA) is 27.7 Å². The lowest BCUT2D eigenvalue weighted by Crippen LogP contribution is -2.12. The summed E-state index contributed by atoms with van der Waals surface area (Å²) in [4.78, 5) is 0. The van der Waals surface area contributed by atoms with Crippen molar-refractivity contribution < 1.29 is 14.2 Å². The van der Waals surface area contributed by atoms with Crippen molar-refractivity contribution in [3.05, 3.63) is 24.0 Å². The summed E-state index contributed by atoms with van der Waals surface area (Å²) < 4.78 is 15.7. The number of hydrogen-bond acceptors (Lipinski definition) is 3. The molecule has 0 fully saturated rings. The Bertz CT molecular complexity index is 218. The van der Waals surface area contributed by atoms with Crippen LogP contribution in [0.5, 0.6) is 0 Å². The first-order chi connectivity index (χ1) is 5.65. The fourth-order valence-corrected chi connectivity index (χ4v) is 1.13. The first kappa shape index (κ1) is 9.13. The van der Waals surface area contributed by atoms with Crippen LogP contribution in [0.2, 0.25) is 0 Å². The highest BCUT2D eigenvalue weighted by Gasteiger charge is 2.23. The van der Waals surface area contributed by atoms with Crippen LogP contribution < -0.4 is 0 Å². The molecule has 1 unspecified atom stereocenters. The first-order valence-electron chi connectivity index (χ1n) is 4.02. The Morgan fingerprint density at radius 1 is 1.50 bits per heavy atom. The molecule has 12 heavy (non-hydrogen) atoms. The minimum atomic E-state index is -0.0609. The molecule has 3 nitrogen and oxygen atoms in total. The molecule has 1 rings (SSSR count). The number of ether oxygens (including phenoxy) is 3. The van der Waals surface area contributed by atoms with E-state index in [9.17, 15) is 0 Å². The lowest BCUT2D eigenvalue weighted by atomic mass is 10.3. The molecule has 3 heteroatoms. The second-order valence-corrected chi connectivity index (χ2v) is 2.59. The SMILES string of the molecule is C=C1OC(C)=C(C(C)OCC)O1. The van der Waals surface area contributed by atoms with Gasteiger partial charge in [-0.2, -0.15) is 0 Å². The summed E-state index contributed by atoms with van der Waals surface area (Å²) in [6, 6.07) is 0. The highest BCUT2D eigenvalue weighted by atomic mass is 16.7. The summed E-state index contributed by atoms with van der Waals surface area (Å²) in [5.74, 6) is 1.79. The third-order valence-corrected chi connectivity index (χ3v) is 1.62. The van der Waals surface area contributed by atoms with Gasteiger partial charge in [-0.15, -0.1) is 0 Å². The molecule has 0 bridgehead atoms. The molecular formula is C9H14O3. The van der Waals surface area contributed by atoms with Gasteiger partial charge in [-0.1, -0.05) is 0 Å². The smallest absolute Gasteiger partial charge is 0.282 e. The van der Waals surface area contributed by atoms with Crippen LogP contribution in [0.4, 0.5) is 0 Å². The molecule has 0 aromatic heterocycles. The van der Waals surface area contributed by atoms with Gasteiger partial charge in [0.25, 0.3) is 5.95 Å². The van der Waals surface area contributed by atoms with Crippen molar-refractivity contribution in [1.82, 2.24) is 0 Å². The second kappa shape index (κ2) is 3.63. The summed E-state index contributed by atoms with van der Waals surface area (Å²) in [6.07, 6.45) is -0.0609. The number of hydrogen-bond donors (Lipinski definition) is 0. The lowest BCUT2D eigenvalue weighted by Gasteiger charge is -2.10. The molecule has 0 aromatic rings. The van der Waals surface area contributed by atoms with Crippen LogP contribution in [-0.4, -0.2) is 12.7 Å². The van der Waals surface area contributed by atoms with Gasteiger partial charge in [0.05, 0.1) is 0 Å². The van der Waals surface area contributed by atoms with Gasteiger partial charge in [0.1, 0.15) is 11.9 Å². The molecule has 0 saturated carbocycles. The molecule has 0 spiro atoms. The van der Waals surface area contributed by atoms with E-state index in [1.165, 1.54) is 0 Å². The van der Waals surface area contributed by atoms with Crippen molar-refractivity contribution >= 4 is 0 Å². The summed E-state index contributed by atoms with van der Waals surface area (Å²) in [7, 11) is 0. The summed E-state index contributed by atoms with van der Waals surface area (Å²) in [6.45, 7) is 9.91. The zero-order chi connectivity index (χ0) is 9.14. The van der Waals surface area contributed by atoms with Crippen LogP contribution in [0.3, 0.4) is 0 Å². The molecule has 1 heterocycles. The van der Waals surface area contributed by atoms with Crippen LogP contribution >= 0.6 is 0 Å². The van der Waals surface area contributed by atoms with E-state index in [1.54, 1.807) is 0 Å². The molecule has 1 aliphatic heterocycles. The van der Waals surface area contributed by atoms with Crippen LogP contribution in [0.1, 0.15) is 20.8 Å². The maximum absolute atomic E-state index is 5.34. The Hall–Kier alpha value is -0.960. The van der Waals surface area contributed by atoms with Gasteiger partial charge < -0.3 is 14.2 Å². The van der Waals surface area contributed by atoms with E-state index >= 15 is 0 Å². The van der Waals surface area contributed by atoms with Crippen molar-refractivity contribution in [3.8, 4) is 0 Å². The first-order valence-corrected chi connectivity index (χ1v) is 4.02. The van der Waals surface area contributed by atoms with Crippen molar-refractivity contribution in [3.63, 3.8) is 0 Å². The minimum absolute atomic E-state index is 0.0609. The number of rotatable bonds is 3. The molecular weight excluding hydrogens is 156 g/mol. The van der Waals surface area contributed by atoms with Gasteiger partial charge in [-0.3, -0.25) is 0 Å². The molecule has 0 aliphatic carbocycles. The number of allylic oxidation sites excluding steroid dienone is 1. The maximum atomic E-state index is 5.34. The van der Waals surface area contributed by atoms with E-state index in [4.69, 9.17) is 14.2 Å². The molecule has 1 aliphatic rings. The Kier molecular flexibility index (Phi) is 2.76. The third-order valence-electron chi connectivity index (χ3n) is 1.62. The zero-order valence-electron chi connectivity index (χ0n) is 7.72. The largest absolute Gasteiger partial charge is 0.428 e. The van der Waals surface area contributed by atoms with Gasteiger partial charge in [-0.25, -0.2) is 0 Å². The highest BCUT2D eigenvalue weighted by Crippen LogP contribution is 2.26. The average Bonchev–Trinajstić information content (AvgIpc) is 2.30. The normalized spacial score (nSPS) is 19.1. The molecule has 0 amide bonds. The van der Waals surface area contributed by atoms with Gasteiger partial charge in [0, 0.05) is 6.61 Å². The van der Waals surface area contributed by atoms with E-state index in [1.807, 2.05) is 20.8 Å². The molecule has 68 valence electrons. The summed E-state index contributed by atoms with van der Waals surface area (Å²) in [5, 5.41) is 0. The Balaban J connectivity index is 2.61. The minimum Gasteiger partial charge on any atom is -0.428 e. The quantitative estimate of drug-likeness (QED) is 0.649. The van der Waals surface area contributed by atoms with E-state index in [0.29, 0.717) is 12.6 Å². The van der Waals surface area contributed by atoms with Crippen LogP contribution in [0.15, 0.2) is 24.0 Å². The van der Waals surface area contributed by atoms with Gasteiger partial charge in [0.15, 0.2) is 5.76 Å². The van der Waals surface area contributed by atoms with Crippen molar-refractivity contribution in [1.29, 1.82) is 0 Å². The fraction of sp³-hybridized carbons (Fsp3) is 0.556. The van der Waals surface area contributed by atoms with E-state index in [2.05, 4.69) is 6.58 Å². The Labute approximate surface area is 72.6 Å². The summed E-state index contributed by atoms with van der Waals surface area (Å²) in [5.41, 5.74) is 0. The second-order valence-electron chi connectivity index (χ2n) is 2.59. The maximum Gasteiger partial charge on any atom is 0.282 e. The van der Waals surface area contributed by atoms with Crippen LogP contribution in [-0.2, 0) is 14.2 Å². The van der Waals surface area contributed by atoms with Gasteiger partial charge >= 0.3 is 0 Å². The predicted octanol–water partition coefficient (Wildman–Crippen LogP) is 2.16.